The van der Waals surface area contributed by atoms with Crippen molar-refractivity contribution < 1.29 is 14.3 Å². The molecule has 8 nitrogen and oxygen atoms in total. The molecule has 0 bridgehead atoms. The number of aromatic nitrogens is 4. The highest BCUT2D eigenvalue weighted by Gasteiger charge is 2.15. The van der Waals surface area contributed by atoms with Crippen LogP contribution in [0.25, 0.3) is 22.2 Å². The van der Waals surface area contributed by atoms with Crippen LogP contribution in [-0.4, -0.2) is 46.0 Å². The molecule has 4 rings (SSSR count). The number of methoxy groups -OCH3 is 1. The predicted octanol–water partition coefficient (Wildman–Crippen LogP) is 3.79. The normalized spacial score (nSPS) is 10.9. The zero-order valence-corrected chi connectivity index (χ0v) is 17.4. The Morgan fingerprint density at radius 1 is 1.10 bits per heavy atom. The molecule has 2 aromatic heterocycles. The van der Waals surface area contributed by atoms with E-state index in [1.807, 2.05) is 49.4 Å². The second-order valence-corrected chi connectivity index (χ2v) is 6.80. The van der Waals surface area contributed by atoms with Crippen LogP contribution in [0, 0.1) is 0 Å². The van der Waals surface area contributed by atoms with Crippen molar-refractivity contribution in [3.05, 3.63) is 66.6 Å². The van der Waals surface area contributed by atoms with E-state index in [2.05, 4.69) is 20.4 Å². The van der Waals surface area contributed by atoms with Crippen LogP contribution >= 0.6 is 0 Å². The average Bonchev–Trinajstić information content (AvgIpc) is 3.28. The lowest BCUT2D eigenvalue weighted by Gasteiger charge is -2.12. The van der Waals surface area contributed by atoms with Gasteiger partial charge in [-0.3, -0.25) is 9.48 Å². The minimum Gasteiger partial charge on any atom is -0.492 e. The number of hydrogen-bond donors (Lipinski definition) is 1. The maximum Gasteiger partial charge on any atom is 0.260 e. The van der Waals surface area contributed by atoms with E-state index in [-0.39, 0.29) is 5.91 Å². The van der Waals surface area contributed by atoms with Crippen LogP contribution in [0.3, 0.4) is 0 Å². The maximum atomic E-state index is 12.6. The molecule has 0 atom stereocenters. The molecule has 0 saturated carbocycles. The predicted molar refractivity (Wildman–Crippen MR) is 118 cm³/mol. The molecule has 2 aromatic carbocycles. The second kappa shape index (κ2) is 9.36. The molecule has 0 spiro atoms. The number of anilines is 1. The van der Waals surface area contributed by atoms with Crippen molar-refractivity contribution in [1.82, 2.24) is 19.7 Å². The van der Waals surface area contributed by atoms with Gasteiger partial charge < -0.3 is 14.8 Å². The van der Waals surface area contributed by atoms with Crippen LogP contribution in [0.2, 0.25) is 0 Å². The lowest BCUT2D eigenvalue weighted by molar-refractivity contribution is 0.102. The summed E-state index contributed by atoms with van der Waals surface area (Å²) in [6, 6.07) is 13.8. The smallest absolute Gasteiger partial charge is 0.260 e. The van der Waals surface area contributed by atoms with Crippen LogP contribution in [0.4, 0.5) is 5.82 Å². The van der Waals surface area contributed by atoms with Gasteiger partial charge in [0.05, 0.1) is 37.7 Å². The third-order valence-corrected chi connectivity index (χ3v) is 4.71. The number of carbonyl (C=O) groups excluding carboxylic acids is 1. The molecule has 0 unspecified atom stereocenters. The molecule has 1 N–H and O–H groups in total. The van der Waals surface area contributed by atoms with Crippen molar-refractivity contribution in [2.75, 3.05) is 25.6 Å². The van der Waals surface area contributed by atoms with Gasteiger partial charge in [-0.15, -0.1) is 0 Å². The van der Waals surface area contributed by atoms with Crippen LogP contribution < -0.4 is 10.1 Å². The largest absolute Gasteiger partial charge is 0.492 e. The summed E-state index contributed by atoms with van der Waals surface area (Å²) in [5, 5.41) is 6.97. The van der Waals surface area contributed by atoms with Gasteiger partial charge in [0, 0.05) is 18.9 Å². The van der Waals surface area contributed by atoms with E-state index in [9.17, 15) is 4.79 Å². The van der Waals surface area contributed by atoms with Gasteiger partial charge in [0.1, 0.15) is 16.8 Å². The van der Waals surface area contributed by atoms with Gasteiger partial charge in [-0.1, -0.05) is 30.3 Å². The van der Waals surface area contributed by atoms with E-state index < -0.39 is 0 Å². The minimum absolute atomic E-state index is 0.311. The summed E-state index contributed by atoms with van der Waals surface area (Å²) in [5.41, 5.74) is 3.72. The first-order valence-electron chi connectivity index (χ1n) is 10.00. The summed E-state index contributed by atoms with van der Waals surface area (Å²) in [6.07, 6.45) is 4.73. The molecular formula is C23H23N5O3. The number of benzene rings is 2. The van der Waals surface area contributed by atoms with Gasteiger partial charge in [-0.2, -0.15) is 5.10 Å². The Labute approximate surface area is 179 Å². The van der Waals surface area contributed by atoms with Gasteiger partial charge in [-0.25, -0.2) is 9.97 Å². The number of nitrogens with one attached hydrogen (secondary N) is 1. The first kappa shape index (κ1) is 20.5. The highest BCUT2D eigenvalue weighted by molar-refractivity contribution is 6.04. The Morgan fingerprint density at radius 3 is 2.71 bits per heavy atom. The van der Waals surface area contributed by atoms with Crippen LogP contribution in [0.5, 0.6) is 5.75 Å². The zero-order chi connectivity index (χ0) is 21.6. The van der Waals surface area contributed by atoms with Gasteiger partial charge in [0.2, 0.25) is 0 Å². The second-order valence-electron chi connectivity index (χ2n) is 6.80. The summed E-state index contributed by atoms with van der Waals surface area (Å²) in [5.74, 6) is 0.649. The van der Waals surface area contributed by atoms with Crippen LogP contribution in [0.15, 0.2) is 61.1 Å². The van der Waals surface area contributed by atoms with Crippen molar-refractivity contribution in [3.8, 4) is 16.9 Å². The standard InChI is InChI=1S/C23H23N5O3/c1-3-31-19-10-9-18(16-7-5-4-6-8-16)21-22(19)26-20(14-24-21)27-23(29)17-13-25-28(15-17)11-12-30-2/h4-10,13-15H,3,11-12H2,1-2H3,(H,26,27,29). The molecule has 4 aromatic rings. The van der Waals surface area contributed by atoms with Crippen molar-refractivity contribution in [2.45, 2.75) is 13.5 Å². The summed E-state index contributed by atoms with van der Waals surface area (Å²) in [6.45, 7) is 3.50. The Balaban J connectivity index is 1.65. The fourth-order valence-electron chi connectivity index (χ4n) is 3.23. The summed E-state index contributed by atoms with van der Waals surface area (Å²) < 4.78 is 12.4. The molecule has 31 heavy (non-hydrogen) atoms. The van der Waals surface area contributed by atoms with Gasteiger partial charge in [-0.05, 0) is 24.6 Å². The van der Waals surface area contributed by atoms with Gasteiger partial charge in [0.15, 0.2) is 5.82 Å². The minimum atomic E-state index is -0.311. The maximum absolute atomic E-state index is 12.6. The van der Waals surface area contributed by atoms with E-state index in [1.165, 1.54) is 6.20 Å². The molecule has 0 fully saturated rings. The zero-order valence-electron chi connectivity index (χ0n) is 17.4. The summed E-state index contributed by atoms with van der Waals surface area (Å²) >= 11 is 0. The highest BCUT2D eigenvalue weighted by atomic mass is 16.5. The van der Waals surface area contributed by atoms with Gasteiger partial charge in [0.25, 0.3) is 5.91 Å². The molecule has 0 aliphatic carbocycles. The van der Waals surface area contributed by atoms with Crippen molar-refractivity contribution in [3.63, 3.8) is 0 Å². The lowest BCUT2D eigenvalue weighted by atomic mass is 10.0. The van der Waals surface area contributed by atoms with Crippen molar-refractivity contribution in [2.24, 2.45) is 0 Å². The number of ether oxygens (including phenoxy) is 2. The van der Waals surface area contributed by atoms with E-state index in [1.54, 1.807) is 24.2 Å². The molecule has 8 heteroatoms. The molecule has 0 aliphatic heterocycles. The van der Waals surface area contributed by atoms with Crippen LogP contribution in [0.1, 0.15) is 17.3 Å². The third kappa shape index (κ3) is 4.54. The Bertz CT molecular complexity index is 1190. The monoisotopic (exact) mass is 417 g/mol. The lowest BCUT2D eigenvalue weighted by Crippen LogP contribution is -2.13. The highest BCUT2D eigenvalue weighted by Crippen LogP contribution is 2.32. The third-order valence-electron chi connectivity index (χ3n) is 4.71. The Kier molecular flexibility index (Phi) is 6.18. The van der Waals surface area contributed by atoms with E-state index >= 15 is 0 Å². The van der Waals surface area contributed by atoms with E-state index in [0.717, 1.165) is 11.1 Å². The topological polar surface area (TPSA) is 91.2 Å². The van der Waals surface area contributed by atoms with E-state index in [0.29, 0.717) is 47.9 Å². The van der Waals surface area contributed by atoms with E-state index in [4.69, 9.17) is 9.47 Å². The fourth-order valence-corrected chi connectivity index (χ4v) is 3.23. The number of nitrogens with zero attached hydrogens (tertiary/aromatic N) is 4. The number of hydrogen-bond acceptors (Lipinski definition) is 6. The Hall–Kier alpha value is -3.78. The quantitative estimate of drug-likeness (QED) is 0.469. The first-order chi connectivity index (χ1) is 15.2. The van der Waals surface area contributed by atoms with Crippen molar-refractivity contribution >= 4 is 22.8 Å². The Morgan fingerprint density at radius 2 is 1.94 bits per heavy atom. The summed E-state index contributed by atoms with van der Waals surface area (Å²) in [7, 11) is 1.62. The molecule has 0 aliphatic rings. The molecular weight excluding hydrogens is 394 g/mol. The molecule has 0 saturated heterocycles. The average molecular weight is 417 g/mol. The van der Waals surface area contributed by atoms with Crippen LogP contribution in [-0.2, 0) is 11.3 Å². The van der Waals surface area contributed by atoms with Crippen molar-refractivity contribution in [1.29, 1.82) is 0 Å². The molecule has 1 amide bonds. The number of carbonyl (C=O) groups is 1. The number of rotatable bonds is 8. The molecule has 2 heterocycles. The number of fused-ring (bicyclic) bond motifs is 1. The number of amides is 1. The molecule has 0 radical (unpaired) electrons. The first-order valence-corrected chi connectivity index (χ1v) is 10.00. The summed E-state index contributed by atoms with van der Waals surface area (Å²) in [4.78, 5) is 21.9. The SMILES string of the molecule is CCOc1ccc(-c2ccccc2)c2ncc(NC(=O)c3cnn(CCOC)c3)nc12. The van der Waals surface area contributed by atoms with Gasteiger partial charge >= 0.3 is 0 Å². The fraction of sp³-hybridized carbons (Fsp3) is 0.217. The molecule has 158 valence electrons.